The van der Waals surface area contributed by atoms with E-state index in [1.54, 1.807) is 5.38 Å². The number of carbonyl (C=O) groups excluding carboxylic acids is 1. The van der Waals surface area contributed by atoms with E-state index in [2.05, 4.69) is 9.59 Å². The first-order valence-electron chi connectivity index (χ1n) is 4.57. The van der Waals surface area contributed by atoms with Gasteiger partial charge >= 0.3 is 0 Å². The molecule has 0 saturated carbocycles. The molecule has 0 fully saturated rings. The molecule has 15 heavy (non-hydrogen) atoms. The lowest BCUT2D eigenvalue weighted by molar-refractivity contribution is 0.103. The normalized spacial score (nSPS) is 10.3. The number of hydrogen-bond donors (Lipinski definition) is 0. The van der Waals surface area contributed by atoms with Crippen LogP contribution in [0.2, 0.25) is 0 Å². The fraction of sp³-hybridized carbons (Fsp3) is 0.182. The van der Waals surface area contributed by atoms with Gasteiger partial charge in [-0.2, -0.15) is 0 Å². The number of ketones is 1. The first-order valence-corrected chi connectivity index (χ1v) is 5.41. The van der Waals surface area contributed by atoms with Gasteiger partial charge < -0.3 is 0 Å². The van der Waals surface area contributed by atoms with Crippen LogP contribution >= 0.6 is 11.5 Å². The van der Waals surface area contributed by atoms with E-state index < -0.39 is 0 Å². The minimum absolute atomic E-state index is 0.0510. The molecule has 76 valence electrons. The summed E-state index contributed by atoms with van der Waals surface area (Å²) in [5, 5.41) is 5.45. The van der Waals surface area contributed by atoms with Gasteiger partial charge in [0, 0.05) is 10.9 Å². The van der Waals surface area contributed by atoms with Crippen LogP contribution in [-0.2, 0) is 0 Å². The van der Waals surface area contributed by atoms with E-state index in [1.165, 1.54) is 11.5 Å². The van der Waals surface area contributed by atoms with Crippen molar-refractivity contribution >= 4 is 17.3 Å². The molecule has 0 bridgehead atoms. The van der Waals surface area contributed by atoms with Gasteiger partial charge in [0.25, 0.3) is 0 Å². The highest BCUT2D eigenvalue weighted by Gasteiger charge is 2.14. The highest BCUT2D eigenvalue weighted by Crippen LogP contribution is 2.15. The van der Waals surface area contributed by atoms with Crippen molar-refractivity contribution in [3.8, 4) is 0 Å². The Morgan fingerprint density at radius 2 is 2.13 bits per heavy atom. The van der Waals surface area contributed by atoms with Crippen LogP contribution in [0.25, 0.3) is 0 Å². The van der Waals surface area contributed by atoms with Crippen LogP contribution in [0.1, 0.15) is 27.2 Å². The topological polar surface area (TPSA) is 42.9 Å². The Morgan fingerprint density at radius 3 is 2.80 bits per heavy atom. The van der Waals surface area contributed by atoms with Gasteiger partial charge in [-0.05, 0) is 37.0 Å². The third-order valence-electron chi connectivity index (χ3n) is 2.23. The Balaban J connectivity index is 2.46. The summed E-state index contributed by atoms with van der Waals surface area (Å²) in [5.74, 6) is -0.0510. The second-order valence-corrected chi connectivity index (χ2v) is 4.05. The Bertz CT molecular complexity index is 491. The molecule has 1 aromatic carbocycles. The number of hydrogen-bond acceptors (Lipinski definition) is 4. The van der Waals surface area contributed by atoms with Crippen LogP contribution < -0.4 is 0 Å². The second-order valence-electron chi connectivity index (χ2n) is 3.44. The van der Waals surface area contributed by atoms with Crippen molar-refractivity contribution in [3.63, 3.8) is 0 Å². The summed E-state index contributed by atoms with van der Waals surface area (Å²) in [4.78, 5) is 12.0. The molecule has 1 aromatic heterocycles. The van der Waals surface area contributed by atoms with Gasteiger partial charge in [-0.25, -0.2) is 0 Å². The Labute approximate surface area is 91.9 Å². The molecule has 2 aromatic rings. The summed E-state index contributed by atoms with van der Waals surface area (Å²) in [6.45, 7) is 3.89. The Hall–Kier alpha value is -1.55. The molecule has 0 radical (unpaired) electrons. The summed E-state index contributed by atoms with van der Waals surface area (Å²) in [5.41, 5.74) is 3.18. The van der Waals surface area contributed by atoms with E-state index in [-0.39, 0.29) is 5.78 Å². The predicted molar refractivity (Wildman–Crippen MR) is 59.3 cm³/mol. The summed E-state index contributed by atoms with van der Waals surface area (Å²) >= 11 is 1.19. The van der Waals surface area contributed by atoms with Gasteiger partial charge in [-0.15, -0.1) is 5.10 Å². The molecule has 0 saturated heterocycles. The first kappa shape index (κ1) is 9.98. The minimum atomic E-state index is -0.0510. The number of nitrogens with zero attached hydrogens (tertiary/aromatic N) is 2. The molecular formula is C11H10N2OS. The zero-order chi connectivity index (χ0) is 10.8. The molecule has 0 aliphatic heterocycles. The van der Waals surface area contributed by atoms with Crippen molar-refractivity contribution < 1.29 is 4.79 Å². The third kappa shape index (κ3) is 1.94. The molecule has 0 aliphatic carbocycles. The molecule has 0 atom stereocenters. The Kier molecular flexibility index (Phi) is 2.60. The summed E-state index contributed by atoms with van der Waals surface area (Å²) < 4.78 is 3.69. The van der Waals surface area contributed by atoms with Crippen LogP contribution in [0.5, 0.6) is 0 Å². The van der Waals surface area contributed by atoms with E-state index in [9.17, 15) is 4.79 Å². The quantitative estimate of drug-likeness (QED) is 0.727. The molecule has 0 unspecified atom stereocenters. The molecular weight excluding hydrogens is 208 g/mol. The van der Waals surface area contributed by atoms with Crippen molar-refractivity contribution in [3.05, 3.63) is 46.0 Å². The van der Waals surface area contributed by atoms with E-state index in [1.807, 2.05) is 32.0 Å². The molecule has 3 nitrogen and oxygen atoms in total. The number of carbonyl (C=O) groups is 1. The molecule has 4 heteroatoms. The van der Waals surface area contributed by atoms with Crippen LogP contribution in [0.15, 0.2) is 23.6 Å². The van der Waals surface area contributed by atoms with Crippen molar-refractivity contribution in [2.75, 3.05) is 0 Å². The number of aryl methyl sites for hydroxylation is 2. The van der Waals surface area contributed by atoms with E-state index >= 15 is 0 Å². The zero-order valence-electron chi connectivity index (χ0n) is 8.52. The molecule has 2 rings (SSSR count). The van der Waals surface area contributed by atoms with Crippen LogP contribution in [0, 0.1) is 13.8 Å². The Morgan fingerprint density at radius 1 is 1.33 bits per heavy atom. The number of aromatic nitrogens is 2. The fourth-order valence-electron chi connectivity index (χ4n) is 1.38. The third-order valence-corrected chi connectivity index (χ3v) is 2.73. The van der Waals surface area contributed by atoms with Gasteiger partial charge in [-0.1, -0.05) is 22.2 Å². The number of benzene rings is 1. The summed E-state index contributed by atoms with van der Waals surface area (Å²) in [7, 11) is 0. The molecule has 0 aliphatic rings. The molecule has 1 heterocycles. The maximum atomic E-state index is 12.0. The monoisotopic (exact) mass is 218 g/mol. The van der Waals surface area contributed by atoms with Crippen molar-refractivity contribution in [1.29, 1.82) is 0 Å². The van der Waals surface area contributed by atoms with Crippen LogP contribution in [-0.4, -0.2) is 15.4 Å². The molecule has 0 amide bonds. The average molecular weight is 218 g/mol. The minimum Gasteiger partial charge on any atom is -0.287 e. The lowest BCUT2D eigenvalue weighted by Gasteiger charge is -2.03. The van der Waals surface area contributed by atoms with Crippen LogP contribution in [0.3, 0.4) is 0 Å². The van der Waals surface area contributed by atoms with Crippen molar-refractivity contribution in [2.24, 2.45) is 0 Å². The highest BCUT2D eigenvalue weighted by molar-refractivity contribution is 7.03. The lowest BCUT2D eigenvalue weighted by Crippen LogP contribution is -2.04. The van der Waals surface area contributed by atoms with Gasteiger partial charge in [-0.3, -0.25) is 4.79 Å². The predicted octanol–water partition coefficient (Wildman–Crippen LogP) is 2.39. The van der Waals surface area contributed by atoms with Crippen molar-refractivity contribution in [2.45, 2.75) is 13.8 Å². The smallest absolute Gasteiger partial charge is 0.214 e. The van der Waals surface area contributed by atoms with E-state index in [0.29, 0.717) is 11.3 Å². The van der Waals surface area contributed by atoms with Gasteiger partial charge in [0.05, 0.1) is 0 Å². The first-order chi connectivity index (χ1) is 7.18. The van der Waals surface area contributed by atoms with Gasteiger partial charge in [0.2, 0.25) is 5.78 Å². The lowest BCUT2D eigenvalue weighted by atomic mass is 10.0. The zero-order valence-corrected chi connectivity index (χ0v) is 9.34. The SMILES string of the molecule is Cc1ccc(C)c(C(=O)c2csnn2)c1. The molecule has 0 N–H and O–H groups in total. The van der Waals surface area contributed by atoms with E-state index in [4.69, 9.17) is 0 Å². The fourth-order valence-corrected chi connectivity index (χ4v) is 1.82. The summed E-state index contributed by atoms with van der Waals surface area (Å²) in [6, 6.07) is 5.82. The van der Waals surface area contributed by atoms with Crippen molar-refractivity contribution in [1.82, 2.24) is 9.59 Å². The maximum absolute atomic E-state index is 12.0. The van der Waals surface area contributed by atoms with Gasteiger partial charge in [0.15, 0.2) is 0 Å². The largest absolute Gasteiger partial charge is 0.287 e. The van der Waals surface area contributed by atoms with Crippen LogP contribution in [0.4, 0.5) is 0 Å². The molecule has 0 spiro atoms. The maximum Gasteiger partial charge on any atom is 0.214 e. The second kappa shape index (κ2) is 3.90. The average Bonchev–Trinajstić information content (AvgIpc) is 2.74. The van der Waals surface area contributed by atoms with Gasteiger partial charge in [0.1, 0.15) is 5.69 Å². The standard InChI is InChI=1S/C11H10N2OS/c1-7-3-4-8(2)9(5-7)11(14)10-6-15-13-12-10/h3-6H,1-2H3. The summed E-state index contributed by atoms with van der Waals surface area (Å²) in [6.07, 6.45) is 0. The highest BCUT2D eigenvalue weighted by atomic mass is 32.1. The number of rotatable bonds is 2. The van der Waals surface area contributed by atoms with E-state index in [0.717, 1.165) is 11.1 Å².